The Labute approximate surface area is 84.8 Å². The number of aliphatic carboxylic acids is 1. The van der Waals surface area contributed by atoms with E-state index >= 15 is 0 Å². The molecule has 74 valence electrons. The van der Waals surface area contributed by atoms with E-state index in [0.29, 0.717) is 6.42 Å². The Kier molecular flexibility index (Phi) is 2.25. The van der Waals surface area contributed by atoms with Crippen LogP contribution in [-0.4, -0.2) is 20.5 Å². The van der Waals surface area contributed by atoms with Gasteiger partial charge in [-0.15, -0.1) is 11.3 Å². The van der Waals surface area contributed by atoms with Crippen molar-refractivity contribution in [2.75, 3.05) is 0 Å². The molecule has 2 aromatic heterocycles. The molecule has 0 amide bonds. The van der Waals surface area contributed by atoms with Gasteiger partial charge in [0, 0.05) is 23.2 Å². The fraction of sp³-hybridized carbons (Fsp3) is 0.333. The van der Waals surface area contributed by atoms with Crippen molar-refractivity contribution < 1.29 is 9.90 Å². The van der Waals surface area contributed by atoms with Gasteiger partial charge in [-0.1, -0.05) is 0 Å². The SMILES string of the molecule is Cc1csc2ncc(CCC(=O)O)n12. The third kappa shape index (κ3) is 1.50. The van der Waals surface area contributed by atoms with Crippen molar-refractivity contribution in [3.63, 3.8) is 0 Å². The van der Waals surface area contributed by atoms with Gasteiger partial charge in [0.1, 0.15) is 0 Å². The van der Waals surface area contributed by atoms with Gasteiger partial charge in [0.25, 0.3) is 0 Å². The minimum Gasteiger partial charge on any atom is -0.481 e. The Hall–Kier alpha value is -1.36. The molecule has 0 aliphatic carbocycles. The Morgan fingerprint density at radius 2 is 2.50 bits per heavy atom. The number of carbonyl (C=O) groups is 1. The maximum atomic E-state index is 10.4. The van der Waals surface area contributed by atoms with E-state index in [1.54, 1.807) is 17.5 Å². The van der Waals surface area contributed by atoms with Crippen molar-refractivity contribution in [2.24, 2.45) is 0 Å². The molecule has 14 heavy (non-hydrogen) atoms. The predicted molar refractivity (Wildman–Crippen MR) is 53.8 cm³/mol. The molecule has 5 heteroatoms. The standard InChI is InChI=1S/C9H10N2O2S/c1-6-5-14-9-10-4-7(11(6)9)2-3-8(12)13/h4-5H,2-3H2,1H3,(H,12,13). The third-order valence-electron chi connectivity index (χ3n) is 2.09. The molecule has 2 aromatic rings. The number of thiazole rings is 1. The van der Waals surface area contributed by atoms with Crippen LogP contribution in [0.2, 0.25) is 0 Å². The molecule has 0 radical (unpaired) electrons. The molecule has 0 spiro atoms. The number of carboxylic acid groups (broad SMARTS) is 1. The monoisotopic (exact) mass is 210 g/mol. The summed E-state index contributed by atoms with van der Waals surface area (Å²) in [4.78, 5) is 15.6. The van der Waals surface area contributed by atoms with Crippen LogP contribution < -0.4 is 0 Å². The zero-order chi connectivity index (χ0) is 10.1. The summed E-state index contributed by atoms with van der Waals surface area (Å²) in [6, 6.07) is 0. The molecule has 0 saturated heterocycles. The Morgan fingerprint density at radius 3 is 3.21 bits per heavy atom. The van der Waals surface area contributed by atoms with Crippen molar-refractivity contribution >= 4 is 22.3 Å². The molecule has 2 rings (SSSR count). The minimum atomic E-state index is -0.771. The molecule has 0 aliphatic heterocycles. The third-order valence-corrected chi connectivity index (χ3v) is 3.04. The smallest absolute Gasteiger partial charge is 0.303 e. The van der Waals surface area contributed by atoms with Gasteiger partial charge < -0.3 is 5.11 Å². The molecular formula is C9H10N2O2S. The second-order valence-corrected chi connectivity index (χ2v) is 3.97. The molecule has 0 saturated carbocycles. The molecule has 4 nitrogen and oxygen atoms in total. The molecule has 0 aliphatic rings. The van der Waals surface area contributed by atoms with Crippen LogP contribution in [0.1, 0.15) is 17.8 Å². The topological polar surface area (TPSA) is 54.6 Å². The fourth-order valence-electron chi connectivity index (χ4n) is 1.43. The Balaban J connectivity index is 2.32. The Morgan fingerprint density at radius 1 is 1.71 bits per heavy atom. The highest BCUT2D eigenvalue weighted by Gasteiger charge is 2.08. The molecule has 0 unspecified atom stereocenters. The fourth-order valence-corrected chi connectivity index (χ4v) is 2.29. The molecule has 0 atom stereocenters. The van der Waals surface area contributed by atoms with E-state index in [0.717, 1.165) is 16.3 Å². The lowest BCUT2D eigenvalue weighted by molar-refractivity contribution is -0.136. The highest BCUT2D eigenvalue weighted by molar-refractivity contribution is 7.15. The van der Waals surface area contributed by atoms with Gasteiger partial charge in [-0.05, 0) is 6.92 Å². The van der Waals surface area contributed by atoms with E-state index < -0.39 is 5.97 Å². The number of aryl methyl sites for hydroxylation is 2. The minimum absolute atomic E-state index is 0.156. The van der Waals surface area contributed by atoms with Crippen molar-refractivity contribution in [1.82, 2.24) is 9.38 Å². The summed E-state index contributed by atoms with van der Waals surface area (Å²) in [6.45, 7) is 2.00. The summed E-state index contributed by atoms with van der Waals surface area (Å²) in [5.74, 6) is -0.771. The predicted octanol–water partition coefficient (Wildman–Crippen LogP) is 1.72. The summed E-state index contributed by atoms with van der Waals surface area (Å²) in [6.07, 6.45) is 2.44. The van der Waals surface area contributed by atoms with Crippen LogP contribution in [0.4, 0.5) is 0 Å². The second-order valence-electron chi connectivity index (χ2n) is 3.14. The molecular weight excluding hydrogens is 200 g/mol. The Bertz CT molecular complexity index is 472. The first-order valence-corrected chi connectivity index (χ1v) is 5.18. The van der Waals surface area contributed by atoms with Crippen LogP contribution in [0.5, 0.6) is 0 Å². The maximum absolute atomic E-state index is 10.4. The number of imidazole rings is 1. The first-order valence-electron chi connectivity index (χ1n) is 4.30. The average molecular weight is 210 g/mol. The highest BCUT2D eigenvalue weighted by Crippen LogP contribution is 2.17. The number of fused-ring (bicyclic) bond motifs is 1. The normalized spacial score (nSPS) is 10.9. The van der Waals surface area contributed by atoms with Crippen LogP contribution in [0.25, 0.3) is 4.96 Å². The summed E-state index contributed by atoms with van der Waals surface area (Å²) in [7, 11) is 0. The van der Waals surface area contributed by atoms with Gasteiger partial charge in [-0.2, -0.15) is 0 Å². The first kappa shape index (κ1) is 9.21. The number of nitrogens with zero attached hydrogens (tertiary/aromatic N) is 2. The lowest BCUT2D eigenvalue weighted by Gasteiger charge is -1.97. The van der Waals surface area contributed by atoms with E-state index in [-0.39, 0.29) is 6.42 Å². The summed E-state index contributed by atoms with van der Waals surface area (Å²) in [5.41, 5.74) is 2.09. The summed E-state index contributed by atoms with van der Waals surface area (Å²) < 4.78 is 2.01. The number of carboxylic acids is 1. The van der Waals surface area contributed by atoms with E-state index in [2.05, 4.69) is 4.98 Å². The van der Waals surface area contributed by atoms with E-state index in [9.17, 15) is 4.79 Å². The lowest BCUT2D eigenvalue weighted by atomic mass is 10.2. The van der Waals surface area contributed by atoms with Crippen LogP contribution in [0, 0.1) is 6.92 Å². The van der Waals surface area contributed by atoms with Crippen LogP contribution in [0.15, 0.2) is 11.6 Å². The molecule has 0 bridgehead atoms. The first-order chi connectivity index (χ1) is 6.68. The van der Waals surface area contributed by atoms with Gasteiger partial charge >= 0.3 is 5.97 Å². The van der Waals surface area contributed by atoms with E-state index in [1.807, 2.05) is 16.7 Å². The van der Waals surface area contributed by atoms with E-state index in [1.165, 1.54) is 0 Å². The van der Waals surface area contributed by atoms with Gasteiger partial charge in [-0.3, -0.25) is 9.20 Å². The van der Waals surface area contributed by atoms with Crippen LogP contribution in [-0.2, 0) is 11.2 Å². The van der Waals surface area contributed by atoms with Gasteiger partial charge in [-0.25, -0.2) is 4.98 Å². The van der Waals surface area contributed by atoms with Crippen LogP contribution >= 0.6 is 11.3 Å². The quantitative estimate of drug-likeness (QED) is 0.839. The van der Waals surface area contributed by atoms with Gasteiger partial charge in [0.2, 0.25) is 0 Å². The van der Waals surface area contributed by atoms with Crippen molar-refractivity contribution in [3.05, 3.63) is 23.0 Å². The van der Waals surface area contributed by atoms with Crippen molar-refractivity contribution in [2.45, 2.75) is 19.8 Å². The van der Waals surface area contributed by atoms with Crippen molar-refractivity contribution in [1.29, 1.82) is 0 Å². The molecule has 0 fully saturated rings. The highest BCUT2D eigenvalue weighted by atomic mass is 32.1. The molecule has 0 aromatic carbocycles. The van der Waals surface area contributed by atoms with Crippen molar-refractivity contribution in [3.8, 4) is 0 Å². The lowest BCUT2D eigenvalue weighted by Crippen LogP contribution is -2.00. The van der Waals surface area contributed by atoms with Crippen LogP contribution in [0.3, 0.4) is 0 Å². The van der Waals surface area contributed by atoms with Gasteiger partial charge in [0.05, 0.1) is 12.6 Å². The number of rotatable bonds is 3. The van der Waals surface area contributed by atoms with Gasteiger partial charge in [0.15, 0.2) is 4.96 Å². The zero-order valence-electron chi connectivity index (χ0n) is 7.73. The number of hydrogen-bond acceptors (Lipinski definition) is 3. The maximum Gasteiger partial charge on any atom is 0.303 e. The van der Waals surface area contributed by atoms with E-state index in [4.69, 9.17) is 5.11 Å². The average Bonchev–Trinajstić information content (AvgIpc) is 2.66. The number of aromatic nitrogens is 2. The zero-order valence-corrected chi connectivity index (χ0v) is 8.54. The largest absolute Gasteiger partial charge is 0.481 e. The molecule has 2 heterocycles. The number of hydrogen-bond donors (Lipinski definition) is 1. The second kappa shape index (κ2) is 3.42. The summed E-state index contributed by atoms with van der Waals surface area (Å²) in [5, 5.41) is 10.6. The summed E-state index contributed by atoms with van der Waals surface area (Å²) >= 11 is 1.57. The molecule has 1 N–H and O–H groups in total.